The lowest BCUT2D eigenvalue weighted by Crippen LogP contribution is -2.23. The van der Waals surface area contributed by atoms with E-state index in [0.717, 1.165) is 12.8 Å². The molecule has 0 bridgehead atoms. The van der Waals surface area contributed by atoms with Gasteiger partial charge in [0.2, 0.25) is 5.88 Å². The van der Waals surface area contributed by atoms with Crippen molar-refractivity contribution in [3.8, 4) is 5.88 Å². The minimum atomic E-state index is -4.50. The van der Waals surface area contributed by atoms with Crippen molar-refractivity contribution in [2.45, 2.75) is 25.9 Å². The van der Waals surface area contributed by atoms with Gasteiger partial charge >= 0.3 is 12.1 Å². The fourth-order valence-electron chi connectivity index (χ4n) is 2.31. The van der Waals surface area contributed by atoms with E-state index in [0.29, 0.717) is 5.92 Å². The normalized spacial score (nSPS) is 21.0. The van der Waals surface area contributed by atoms with Crippen LogP contribution in [-0.4, -0.2) is 30.3 Å². The molecule has 0 aromatic carbocycles. The van der Waals surface area contributed by atoms with E-state index >= 15 is 0 Å². The minimum absolute atomic E-state index is 0.101. The lowest BCUT2D eigenvalue weighted by Gasteiger charge is -2.24. The number of hydrogen-bond donors (Lipinski definition) is 0. The lowest BCUT2D eigenvalue weighted by atomic mass is 9.85. The fraction of sp³-hybridized carbons (Fsp3) is 0.500. The molecule has 7 heteroatoms. The van der Waals surface area contributed by atoms with Crippen molar-refractivity contribution in [2.75, 3.05) is 13.2 Å². The molecule has 2 atom stereocenters. The van der Waals surface area contributed by atoms with E-state index in [9.17, 15) is 18.0 Å². The zero-order valence-corrected chi connectivity index (χ0v) is 12.7. The molecule has 0 saturated carbocycles. The lowest BCUT2D eigenvalue weighted by molar-refractivity contribution is -0.154. The highest BCUT2D eigenvalue weighted by Crippen LogP contribution is 2.26. The average molecular weight is 329 g/mol. The van der Waals surface area contributed by atoms with Crippen molar-refractivity contribution in [3.63, 3.8) is 0 Å². The number of allylic oxidation sites excluding steroid dienone is 2. The standard InChI is InChI=1S/C16H18F3NO3/c1-11-5-2-3-6-12(11)9-22-15(21)13-7-4-8-20-14(13)23-10-16(17,18)19/h2-4,7-8,11-12H,5-6,9-10H2,1H3. The quantitative estimate of drug-likeness (QED) is 0.609. The number of nitrogens with zero attached hydrogens (tertiary/aromatic N) is 1. The van der Waals surface area contributed by atoms with Gasteiger partial charge < -0.3 is 9.47 Å². The molecule has 0 amide bonds. The molecule has 2 unspecified atom stereocenters. The van der Waals surface area contributed by atoms with Gasteiger partial charge in [-0.1, -0.05) is 19.1 Å². The zero-order chi connectivity index (χ0) is 16.9. The summed E-state index contributed by atoms with van der Waals surface area (Å²) in [6.45, 7) is 0.788. The second-order valence-electron chi connectivity index (χ2n) is 5.54. The Morgan fingerprint density at radius 2 is 2.09 bits per heavy atom. The maximum absolute atomic E-state index is 12.2. The number of hydrogen-bond acceptors (Lipinski definition) is 4. The van der Waals surface area contributed by atoms with Crippen LogP contribution >= 0.6 is 0 Å². The van der Waals surface area contributed by atoms with Gasteiger partial charge in [0.25, 0.3) is 0 Å². The molecule has 1 aliphatic rings. The molecule has 2 rings (SSSR count). The van der Waals surface area contributed by atoms with Crippen LogP contribution in [0.15, 0.2) is 30.5 Å². The summed E-state index contributed by atoms with van der Waals surface area (Å²) in [5.41, 5.74) is -0.101. The third kappa shape index (κ3) is 5.26. The monoisotopic (exact) mass is 329 g/mol. The first kappa shape index (κ1) is 17.3. The molecule has 0 N–H and O–H groups in total. The summed E-state index contributed by atoms with van der Waals surface area (Å²) in [5, 5.41) is 0. The summed E-state index contributed by atoms with van der Waals surface area (Å²) in [6, 6.07) is 2.79. The van der Waals surface area contributed by atoms with Gasteiger partial charge in [0.15, 0.2) is 6.61 Å². The molecule has 0 radical (unpaired) electrons. The maximum Gasteiger partial charge on any atom is 0.422 e. The Labute approximate surface area is 132 Å². The van der Waals surface area contributed by atoms with Gasteiger partial charge in [-0.15, -0.1) is 0 Å². The zero-order valence-electron chi connectivity index (χ0n) is 12.7. The molecule has 0 spiro atoms. The first-order valence-corrected chi connectivity index (χ1v) is 7.33. The Kier molecular flexibility index (Phi) is 5.63. The van der Waals surface area contributed by atoms with E-state index in [-0.39, 0.29) is 24.0 Å². The summed E-state index contributed by atoms with van der Waals surface area (Å²) in [5.74, 6) is -0.494. The number of carbonyl (C=O) groups is 1. The second kappa shape index (κ2) is 7.48. The van der Waals surface area contributed by atoms with Gasteiger partial charge in [0.05, 0.1) is 6.61 Å². The van der Waals surface area contributed by atoms with Gasteiger partial charge in [0, 0.05) is 6.20 Å². The van der Waals surface area contributed by atoms with Crippen molar-refractivity contribution >= 4 is 5.97 Å². The molecule has 0 aliphatic heterocycles. The number of carbonyl (C=O) groups excluding carboxylic acids is 1. The molecular formula is C16H18F3NO3. The van der Waals surface area contributed by atoms with Gasteiger partial charge in [0.1, 0.15) is 5.56 Å². The van der Waals surface area contributed by atoms with E-state index < -0.39 is 18.8 Å². The van der Waals surface area contributed by atoms with E-state index in [1.807, 2.05) is 6.08 Å². The highest BCUT2D eigenvalue weighted by atomic mass is 19.4. The number of esters is 1. The summed E-state index contributed by atoms with van der Waals surface area (Å²) in [7, 11) is 0. The predicted molar refractivity (Wildman–Crippen MR) is 77.1 cm³/mol. The number of alkyl halides is 3. The van der Waals surface area contributed by atoms with Crippen LogP contribution in [0.2, 0.25) is 0 Å². The Balaban J connectivity index is 1.97. The van der Waals surface area contributed by atoms with Crippen LogP contribution in [0.4, 0.5) is 13.2 Å². The van der Waals surface area contributed by atoms with Gasteiger partial charge in [-0.25, -0.2) is 9.78 Å². The summed E-state index contributed by atoms with van der Waals surface area (Å²) >= 11 is 0. The summed E-state index contributed by atoms with van der Waals surface area (Å²) in [4.78, 5) is 15.8. The molecule has 0 saturated heterocycles. The van der Waals surface area contributed by atoms with Crippen LogP contribution in [0.3, 0.4) is 0 Å². The van der Waals surface area contributed by atoms with E-state index in [2.05, 4.69) is 22.7 Å². The molecule has 1 aliphatic carbocycles. The first-order chi connectivity index (χ1) is 10.9. The Morgan fingerprint density at radius 1 is 1.35 bits per heavy atom. The van der Waals surface area contributed by atoms with E-state index in [1.54, 1.807) is 0 Å². The van der Waals surface area contributed by atoms with Gasteiger partial charge in [-0.05, 0) is 36.8 Å². The molecule has 4 nitrogen and oxygen atoms in total. The van der Waals surface area contributed by atoms with Gasteiger partial charge in [-0.2, -0.15) is 13.2 Å². The number of rotatable bonds is 5. The molecule has 0 fully saturated rings. The van der Waals surface area contributed by atoms with Crippen LogP contribution in [0.1, 0.15) is 30.1 Å². The van der Waals surface area contributed by atoms with Crippen molar-refractivity contribution in [2.24, 2.45) is 11.8 Å². The Morgan fingerprint density at radius 3 is 2.78 bits per heavy atom. The third-order valence-electron chi connectivity index (χ3n) is 3.71. The van der Waals surface area contributed by atoms with Crippen molar-refractivity contribution in [1.82, 2.24) is 4.98 Å². The van der Waals surface area contributed by atoms with Crippen LogP contribution in [0.5, 0.6) is 5.88 Å². The highest BCUT2D eigenvalue weighted by Gasteiger charge is 2.30. The Bertz CT molecular complexity index is 572. The predicted octanol–water partition coefficient (Wildman–Crippen LogP) is 3.78. The molecule has 126 valence electrons. The van der Waals surface area contributed by atoms with Crippen molar-refractivity contribution < 1.29 is 27.4 Å². The van der Waals surface area contributed by atoms with Crippen LogP contribution in [0, 0.1) is 11.8 Å². The largest absolute Gasteiger partial charge is 0.467 e. The first-order valence-electron chi connectivity index (χ1n) is 7.33. The summed E-state index contributed by atoms with van der Waals surface area (Å²) < 4.78 is 46.5. The average Bonchev–Trinajstić information content (AvgIpc) is 2.51. The number of aromatic nitrogens is 1. The minimum Gasteiger partial charge on any atom is -0.467 e. The smallest absolute Gasteiger partial charge is 0.422 e. The SMILES string of the molecule is CC1CC=CCC1COC(=O)c1cccnc1OCC(F)(F)F. The van der Waals surface area contributed by atoms with Crippen molar-refractivity contribution in [1.29, 1.82) is 0 Å². The topological polar surface area (TPSA) is 48.4 Å². The molecule has 1 aromatic heterocycles. The third-order valence-corrected chi connectivity index (χ3v) is 3.71. The number of pyridine rings is 1. The van der Waals surface area contributed by atoms with Crippen LogP contribution < -0.4 is 4.74 Å². The van der Waals surface area contributed by atoms with Crippen molar-refractivity contribution in [3.05, 3.63) is 36.0 Å². The van der Waals surface area contributed by atoms with E-state index in [4.69, 9.17) is 4.74 Å². The fourth-order valence-corrected chi connectivity index (χ4v) is 2.31. The number of halogens is 3. The Hall–Kier alpha value is -2.05. The molecule has 23 heavy (non-hydrogen) atoms. The molecule has 1 aromatic rings. The second-order valence-corrected chi connectivity index (χ2v) is 5.54. The number of ether oxygens (including phenoxy) is 2. The molecular weight excluding hydrogens is 311 g/mol. The van der Waals surface area contributed by atoms with E-state index in [1.165, 1.54) is 18.3 Å². The summed E-state index contributed by atoms with van der Waals surface area (Å²) in [6.07, 6.45) is 2.64. The van der Waals surface area contributed by atoms with Crippen LogP contribution in [0.25, 0.3) is 0 Å². The van der Waals surface area contributed by atoms with Gasteiger partial charge in [-0.3, -0.25) is 0 Å². The highest BCUT2D eigenvalue weighted by molar-refractivity contribution is 5.91. The maximum atomic E-state index is 12.2. The van der Waals surface area contributed by atoms with Crippen LogP contribution in [-0.2, 0) is 4.74 Å². The molecule has 1 heterocycles.